The molecule has 0 bridgehead atoms. The summed E-state index contributed by atoms with van der Waals surface area (Å²) in [6.07, 6.45) is -0.539. The van der Waals surface area contributed by atoms with E-state index >= 15 is 0 Å². The van der Waals surface area contributed by atoms with Crippen molar-refractivity contribution in [3.8, 4) is 5.75 Å². The molecule has 1 aromatic carbocycles. The van der Waals surface area contributed by atoms with Gasteiger partial charge in [0.15, 0.2) is 6.10 Å². The van der Waals surface area contributed by atoms with Crippen LogP contribution in [0.25, 0.3) is 0 Å². The Morgan fingerprint density at radius 2 is 1.91 bits per heavy atom. The van der Waals surface area contributed by atoms with Crippen LogP contribution in [-0.2, 0) is 9.59 Å². The van der Waals surface area contributed by atoms with Gasteiger partial charge in [-0.25, -0.2) is 4.79 Å². The molecule has 0 saturated heterocycles. The minimum Gasteiger partial charge on any atom is -0.480 e. The van der Waals surface area contributed by atoms with E-state index in [1.54, 1.807) is 12.1 Å². The van der Waals surface area contributed by atoms with Gasteiger partial charge in [-0.3, -0.25) is 4.79 Å². The summed E-state index contributed by atoms with van der Waals surface area (Å²) < 4.78 is 5.45. The zero-order valence-electron chi connectivity index (χ0n) is 12.6. The quantitative estimate of drug-likeness (QED) is 0.792. The van der Waals surface area contributed by atoms with Crippen molar-refractivity contribution in [2.75, 3.05) is 0 Å². The average molecular weight is 348 g/mol. The molecule has 2 atom stereocenters. The van der Waals surface area contributed by atoms with E-state index < -0.39 is 24.0 Å². The maximum atomic E-state index is 12.1. The molecule has 0 saturated carbocycles. The highest BCUT2D eigenvalue weighted by Crippen LogP contribution is 2.28. The molecule has 0 aromatic heterocycles. The van der Waals surface area contributed by atoms with E-state index in [1.807, 2.05) is 13.8 Å². The largest absolute Gasteiger partial charge is 0.480 e. The number of carboxylic acid groups (broad SMARTS) is 1. The second kappa shape index (κ2) is 8.25. The van der Waals surface area contributed by atoms with Crippen LogP contribution in [0.5, 0.6) is 5.75 Å². The van der Waals surface area contributed by atoms with Gasteiger partial charge in [0.25, 0.3) is 5.91 Å². The summed E-state index contributed by atoms with van der Waals surface area (Å²) in [4.78, 5) is 23.2. The topological polar surface area (TPSA) is 75.6 Å². The van der Waals surface area contributed by atoms with Gasteiger partial charge in [0.2, 0.25) is 0 Å². The molecular formula is C15H19Cl2NO4. The number of ether oxygens (including phenoxy) is 1. The Balaban J connectivity index is 2.69. The summed E-state index contributed by atoms with van der Waals surface area (Å²) in [6.45, 7) is 5.29. The molecule has 0 radical (unpaired) electrons. The molecule has 0 aliphatic carbocycles. The molecule has 1 amide bonds. The van der Waals surface area contributed by atoms with Gasteiger partial charge in [0.05, 0.1) is 5.02 Å². The van der Waals surface area contributed by atoms with Crippen LogP contribution >= 0.6 is 23.2 Å². The highest BCUT2D eigenvalue weighted by Gasteiger charge is 2.25. The first kappa shape index (κ1) is 18.6. The Hall–Kier alpha value is -1.46. The van der Waals surface area contributed by atoms with Crippen molar-refractivity contribution < 1.29 is 19.4 Å². The third-order valence-corrected chi connectivity index (χ3v) is 3.42. The molecule has 1 unspecified atom stereocenters. The van der Waals surface area contributed by atoms with Gasteiger partial charge in [-0.15, -0.1) is 0 Å². The summed E-state index contributed by atoms with van der Waals surface area (Å²) >= 11 is 11.8. The van der Waals surface area contributed by atoms with E-state index in [9.17, 15) is 9.59 Å². The Labute approximate surface area is 139 Å². The Kier molecular flexibility index (Phi) is 6.97. The number of carboxylic acids is 1. The standard InChI is InChI=1S/C15H19Cl2NO4/c1-8(2)6-12(15(20)21)18-14(19)9(3)22-13-5-4-10(16)7-11(13)17/h4-5,7-9,12H,6H2,1-3H3,(H,18,19)(H,20,21)/t9?,12-/m0/s1. The number of carbonyl (C=O) groups excluding carboxylic acids is 1. The molecule has 0 fully saturated rings. The fourth-order valence-corrected chi connectivity index (χ4v) is 2.25. The van der Waals surface area contributed by atoms with Gasteiger partial charge in [-0.1, -0.05) is 37.0 Å². The predicted octanol–water partition coefficient (Wildman–Crippen LogP) is 3.38. The van der Waals surface area contributed by atoms with Crippen LogP contribution in [0.15, 0.2) is 18.2 Å². The second-order valence-corrected chi connectivity index (χ2v) is 6.21. The van der Waals surface area contributed by atoms with Crippen molar-refractivity contribution >= 4 is 35.1 Å². The summed E-state index contributed by atoms with van der Waals surface area (Å²) in [7, 11) is 0. The number of amides is 1. The molecule has 0 aliphatic heterocycles. The van der Waals surface area contributed by atoms with Gasteiger partial charge in [-0.05, 0) is 37.5 Å². The van der Waals surface area contributed by atoms with Crippen LogP contribution in [0.2, 0.25) is 10.0 Å². The van der Waals surface area contributed by atoms with Crippen molar-refractivity contribution in [2.24, 2.45) is 5.92 Å². The lowest BCUT2D eigenvalue weighted by molar-refractivity contribution is -0.143. The van der Waals surface area contributed by atoms with Gasteiger partial charge in [0, 0.05) is 5.02 Å². The molecule has 1 aromatic rings. The van der Waals surface area contributed by atoms with Crippen LogP contribution < -0.4 is 10.1 Å². The molecule has 0 spiro atoms. The minimum atomic E-state index is -1.07. The fourth-order valence-electron chi connectivity index (χ4n) is 1.80. The minimum absolute atomic E-state index is 0.142. The first-order valence-corrected chi connectivity index (χ1v) is 7.61. The van der Waals surface area contributed by atoms with Crippen LogP contribution in [0.4, 0.5) is 0 Å². The van der Waals surface area contributed by atoms with E-state index in [1.165, 1.54) is 13.0 Å². The monoisotopic (exact) mass is 347 g/mol. The van der Waals surface area contributed by atoms with Gasteiger partial charge < -0.3 is 15.2 Å². The molecule has 2 N–H and O–H groups in total. The lowest BCUT2D eigenvalue weighted by Gasteiger charge is -2.20. The Morgan fingerprint density at radius 1 is 1.27 bits per heavy atom. The smallest absolute Gasteiger partial charge is 0.326 e. The lowest BCUT2D eigenvalue weighted by atomic mass is 10.0. The highest BCUT2D eigenvalue weighted by molar-refractivity contribution is 6.35. The number of aliphatic carboxylic acids is 1. The number of carbonyl (C=O) groups is 2. The summed E-state index contributed by atoms with van der Waals surface area (Å²) in [6, 6.07) is 3.70. The summed E-state index contributed by atoms with van der Waals surface area (Å²) in [5.74, 6) is -1.13. The van der Waals surface area contributed by atoms with Crippen molar-refractivity contribution in [2.45, 2.75) is 39.3 Å². The Morgan fingerprint density at radius 3 is 2.41 bits per heavy atom. The number of halogens is 2. The summed E-state index contributed by atoms with van der Waals surface area (Å²) in [5.41, 5.74) is 0. The molecule has 7 heteroatoms. The predicted molar refractivity (Wildman–Crippen MR) is 85.6 cm³/mol. The van der Waals surface area contributed by atoms with Gasteiger partial charge in [-0.2, -0.15) is 0 Å². The van der Waals surface area contributed by atoms with Crippen molar-refractivity contribution in [1.29, 1.82) is 0 Å². The number of rotatable bonds is 7. The van der Waals surface area contributed by atoms with Crippen molar-refractivity contribution in [3.63, 3.8) is 0 Å². The van der Waals surface area contributed by atoms with E-state index in [-0.39, 0.29) is 10.9 Å². The highest BCUT2D eigenvalue weighted by atomic mass is 35.5. The van der Waals surface area contributed by atoms with Gasteiger partial charge in [0.1, 0.15) is 11.8 Å². The fraction of sp³-hybridized carbons (Fsp3) is 0.467. The van der Waals surface area contributed by atoms with Gasteiger partial charge >= 0.3 is 5.97 Å². The van der Waals surface area contributed by atoms with E-state index in [4.69, 9.17) is 33.0 Å². The number of nitrogens with one attached hydrogen (secondary N) is 1. The van der Waals surface area contributed by atoms with E-state index in [0.29, 0.717) is 17.2 Å². The molecule has 122 valence electrons. The molecule has 0 aliphatic rings. The molecule has 22 heavy (non-hydrogen) atoms. The van der Waals surface area contributed by atoms with Crippen molar-refractivity contribution in [3.05, 3.63) is 28.2 Å². The Bertz CT molecular complexity index is 548. The SMILES string of the molecule is CC(C)C[C@H](NC(=O)C(C)Oc1ccc(Cl)cc1Cl)C(=O)O. The third kappa shape index (κ3) is 5.73. The number of hydrogen-bond donors (Lipinski definition) is 2. The second-order valence-electron chi connectivity index (χ2n) is 5.36. The maximum absolute atomic E-state index is 12.1. The molecule has 5 nitrogen and oxygen atoms in total. The average Bonchev–Trinajstić information content (AvgIpc) is 2.40. The number of hydrogen-bond acceptors (Lipinski definition) is 3. The van der Waals surface area contributed by atoms with Crippen LogP contribution in [0.1, 0.15) is 27.2 Å². The zero-order valence-corrected chi connectivity index (χ0v) is 14.1. The maximum Gasteiger partial charge on any atom is 0.326 e. The zero-order chi connectivity index (χ0) is 16.9. The first-order chi connectivity index (χ1) is 10.2. The van der Waals surface area contributed by atoms with E-state index in [2.05, 4.69) is 5.32 Å². The first-order valence-electron chi connectivity index (χ1n) is 6.85. The third-order valence-electron chi connectivity index (χ3n) is 2.89. The number of benzene rings is 1. The van der Waals surface area contributed by atoms with E-state index in [0.717, 1.165) is 0 Å². The summed E-state index contributed by atoms with van der Waals surface area (Å²) in [5, 5.41) is 12.3. The van der Waals surface area contributed by atoms with Crippen LogP contribution in [-0.4, -0.2) is 29.1 Å². The molecule has 1 rings (SSSR count). The van der Waals surface area contributed by atoms with Crippen LogP contribution in [0.3, 0.4) is 0 Å². The lowest BCUT2D eigenvalue weighted by Crippen LogP contribution is -2.46. The molecule has 0 heterocycles. The van der Waals surface area contributed by atoms with Crippen LogP contribution in [0, 0.1) is 5.92 Å². The molecular weight excluding hydrogens is 329 g/mol. The normalized spacial score (nSPS) is 13.5. The van der Waals surface area contributed by atoms with Crippen molar-refractivity contribution in [1.82, 2.24) is 5.32 Å².